The fourth-order valence-corrected chi connectivity index (χ4v) is 2.52. The van der Waals surface area contributed by atoms with Crippen LogP contribution in [-0.4, -0.2) is 24.6 Å². The van der Waals surface area contributed by atoms with Crippen molar-refractivity contribution in [2.24, 2.45) is 0 Å². The molecule has 0 bridgehead atoms. The van der Waals surface area contributed by atoms with Crippen molar-refractivity contribution in [1.29, 1.82) is 0 Å². The van der Waals surface area contributed by atoms with Gasteiger partial charge in [-0.3, -0.25) is 0 Å². The summed E-state index contributed by atoms with van der Waals surface area (Å²) in [6.45, 7) is 4.53. The molecule has 0 spiro atoms. The van der Waals surface area contributed by atoms with Gasteiger partial charge in [-0.25, -0.2) is 0 Å². The summed E-state index contributed by atoms with van der Waals surface area (Å²) in [5, 5.41) is 3.35. The predicted molar refractivity (Wildman–Crippen MR) is 69.2 cm³/mol. The van der Waals surface area contributed by atoms with Crippen LogP contribution in [0, 0.1) is 0 Å². The lowest BCUT2D eigenvalue weighted by molar-refractivity contribution is 0.504. The quantitative estimate of drug-likeness (QED) is 0.560. The minimum atomic E-state index is 0.742. The first kappa shape index (κ1) is 14.3. The lowest BCUT2D eigenvalue weighted by Gasteiger charge is -2.12. The lowest BCUT2D eigenvalue weighted by atomic mass is 10.1. The third kappa shape index (κ3) is 8.89. The standard InChI is InChI=1S/C12H27NS/c1-4-6-7-10-14-11-8-9-12(5-2)13-3/h12-13H,4-11H2,1-3H3. The molecule has 0 aromatic rings. The van der Waals surface area contributed by atoms with Crippen LogP contribution in [0.1, 0.15) is 52.4 Å². The van der Waals surface area contributed by atoms with Crippen molar-refractivity contribution < 1.29 is 0 Å². The van der Waals surface area contributed by atoms with Crippen molar-refractivity contribution in [3.63, 3.8) is 0 Å². The van der Waals surface area contributed by atoms with Crippen LogP contribution in [0.4, 0.5) is 0 Å². The highest BCUT2D eigenvalue weighted by Gasteiger charge is 2.01. The SMILES string of the molecule is CCCCCSCCCC(CC)NC. The summed E-state index contributed by atoms with van der Waals surface area (Å²) in [5.74, 6) is 2.71. The van der Waals surface area contributed by atoms with Gasteiger partial charge in [0, 0.05) is 6.04 Å². The maximum absolute atomic E-state index is 3.35. The molecule has 0 fully saturated rings. The Bertz CT molecular complexity index is 102. The van der Waals surface area contributed by atoms with E-state index < -0.39 is 0 Å². The number of unbranched alkanes of at least 4 members (excludes halogenated alkanes) is 2. The topological polar surface area (TPSA) is 12.0 Å². The van der Waals surface area contributed by atoms with Gasteiger partial charge in [-0.2, -0.15) is 11.8 Å². The van der Waals surface area contributed by atoms with Crippen molar-refractivity contribution in [2.45, 2.75) is 58.4 Å². The van der Waals surface area contributed by atoms with E-state index in [-0.39, 0.29) is 0 Å². The summed E-state index contributed by atoms with van der Waals surface area (Å²) in [7, 11) is 2.07. The van der Waals surface area contributed by atoms with Gasteiger partial charge in [0.25, 0.3) is 0 Å². The smallest absolute Gasteiger partial charge is 0.00617 e. The van der Waals surface area contributed by atoms with E-state index in [1.807, 2.05) is 0 Å². The molecule has 1 atom stereocenters. The lowest BCUT2D eigenvalue weighted by Crippen LogP contribution is -2.23. The van der Waals surface area contributed by atoms with Gasteiger partial charge in [0.05, 0.1) is 0 Å². The minimum Gasteiger partial charge on any atom is -0.317 e. The number of rotatable bonds is 10. The molecule has 2 heteroatoms. The summed E-state index contributed by atoms with van der Waals surface area (Å²) < 4.78 is 0. The van der Waals surface area contributed by atoms with Gasteiger partial charge >= 0.3 is 0 Å². The van der Waals surface area contributed by atoms with E-state index in [4.69, 9.17) is 0 Å². The van der Waals surface area contributed by atoms with Crippen molar-refractivity contribution in [2.75, 3.05) is 18.6 Å². The molecule has 0 aliphatic carbocycles. The van der Waals surface area contributed by atoms with Crippen LogP contribution in [0.2, 0.25) is 0 Å². The molecule has 0 aromatic carbocycles. The molecular formula is C12H27NS. The molecule has 14 heavy (non-hydrogen) atoms. The molecule has 0 aromatic heterocycles. The molecule has 1 nitrogen and oxygen atoms in total. The second-order valence-corrected chi connectivity index (χ2v) is 5.08. The Morgan fingerprint density at radius 1 is 1.07 bits per heavy atom. The van der Waals surface area contributed by atoms with Gasteiger partial charge in [0.1, 0.15) is 0 Å². The maximum Gasteiger partial charge on any atom is 0.00617 e. The van der Waals surface area contributed by atoms with Gasteiger partial charge < -0.3 is 5.32 Å². The molecule has 0 radical (unpaired) electrons. The van der Waals surface area contributed by atoms with E-state index in [1.54, 1.807) is 0 Å². The largest absolute Gasteiger partial charge is 0.317 e. The van der Waals surface area contributed by atoms with Gasteiger partial charge in [-0.15, -0.1) is 0 Å². The third-order valence-corrected chi connectivity index (χ3v) is 3.79. The molecule has 0 heterocycles. The van der Waals surface area contributed by atoms with Gasteiger partial charge in [0.2, 0.25) is 0 Å². The summed E-state index contributed by atoms with van der Waals surface area (Å²) in [5.41, 5.74) is 0. The van der Waals surface area contributed by atoms with Crippen molar-refractivity contribution >= 4 is 11.8 Å². The molecular weight excluding hydrogens is 190 g/mol. The highest BCUT2D eigenvalue weighted by Crippen LogP contribution is 2.10. The summed E-state index contributed by atoms with van der Waals surface area (Å²) in [4.78, 5) is 0. The van der Waals surface area contributed by atoms with E-state index in [0.29, 0.717) is 0 Å². The van der Waals surface area contributed by atoms with Crippen LogP contribution in [-0.2, 0) is 0 Å². The number of thioether (sulfide) groups is 1. The molecule has 86 valence electrons. The predicted octanol–water partition coefficient (Wildman–Crippen LogP) is 3.69. The van der Waals surface area contributed by atoms with Crippen LogP contribution < -0.4 is 5.32 Å². The first-order valence-electron chi connectivity index (χ1n) is 6.10. The first-order chi connectivity index (χ1) is 6.85. The van der Waals surface area contributed by atoms with Crippen LogP contribution in [0.15, 0.2) is 0 Å². The monoisotopic (exact) mass is 217 g/mol. The normalized spacial score (nSPS) is 13.1. The molecule has 1 unspecified atom stereocenters. The molecule has 0 aliphatic rings. The fourth-order valence-electron chi connectivity index (χ4n) is 1.54. The Hall–Kier alpha value is 0.310. The van der Waals surface area contributed by atoms with Gasteiger partial charge in [-0.05, 0) is 44.2 Å². The average molecular weight is 217 g/mol. The van der Waals surface area contributed by atoms with E-state index in [1.165, 1.54) is 50.0 Å². The van der Waals surface area contributed by atoms with E-state index in [2.05, 4.69) is 38.0 Å². The van der Waals surface area contributed by atoms with Crippen LogP contribution in [0.3, 0.4) is 0 Å². The van der Waals surface area contributed by atoms with Crippen molar-refractivity contribution in [3.8, 4) is 0 Å². The van der Waals surface area contributed by atoms with Gasteiger partial charge in [0.15, 0.2) is 0 Å². The molecule has 0 rings (SSSR count). The zero-order valence-electron chi connectivity index (χ0n) is 10.1. The zero-order valence-corrected chi connectivity index (χ0v) is 11.0. The molecule has 0 aliphatic heterocycles. The Labute approximate surface area is 94.4 Å². The summed E-state index contributed by atoms with van der Waals surface area (Å²) in [6, 6.07) is 0.742. The fraction of sp³-hybridized carbons (Fsp3) is 1.00. The summed E-state index contributed by atoms with van der Waals surface area (Å²) in [6.07, 6.45) is 8.13. The minimum absolute atomic E-state index is 0.742. The van der Waals surface area contributed by atoms with E-state index in [0.717, 1.165) is 6.04 Å². The summed E-state index contributed by atoms with van der Waals surface area (Å²) >= 11 is 2.13. The Kier molecular flexibility index (Phi) is 11.6. The zero-order chi connectivity index (χ0) is 10.6. The van der Waals surface area contributed by atoms with E-state index in [9.17, 15) is 0 Å². The second-order valence-electron chi connectivity index (χ2n) is 3.86. The first-order valence-corrected chi connectivity index (χ1v) is 7.25. The average Bonchev–Trinajstić information content (AvgIpc) is 2.22. The Balaban J connectivity index is 3.04. The Morgan fingerprint density at radius 2 is 1.79 bits per heavy atom. The van der Waals surface area contributed by atoms with Crippen molar-refractivity contribution in [3.05, 3.63) is 0 Å². The van der Waals surface area contributed by atoms with Crippen LogP contribution in [0.25, 0.3) is 0 Å². The number of hydrogen-bond donors (Lipinski definition) is 1. The number of nitrogens with one attached hydrogen (secondary N) is 1. The molecule has 0 saturated heterocycles. The molecule has 0 saturated carbocycles. The number of hydrogen-bond acceptors (Lipinski definition) is 2. The third-order valence-electron chi connectivity index (χ3n) is 2.63. The maximum atomic E-state index is 3.35. The second kappa shape index (κ2) is 11.4. The highest BCUT2D eigenvalue weighted by atomic mass is 32.2. The van der Waals surface area contributed by atoms with Crippen LogP contribution >= 0.6 is 11.8 Å². The van der Waals surface area contributed by atoms with E-state index >= 15 is 0 Å². The molecule has 0 amide bonds. The van der Waals surface area contributed by atoms with Crippen molar-refractivity contribution in [1.82, 2.24) is 5.32 Å². The Morgan fingerprint density at radius 3 is 2.36 bits per heavy atom. The van der Waals surface area contributed by atoms with Crippen LogP contribution in [0.5, 0.6) is 0 Å². The molecule has 1 N–H and O–H groups in total. The van der Waals surface area contributed by atoms with Gasteiger partial charge in [-0.1, -0.05) is 26.7 Å². The highest BCUT2D eigenvalue weighted by molar-refractivity contribution is 7.99.